The van der Waals surface area contributed by atoms with Crippen molar-refractivity contribution in [2.45, 2.75) is 46.2 Å². The number of aliphatic imine (C=N–C) groups is 1. The molecule has 0 spiro atoms. The third-order valence-electron chi connectivity index (χ3n) is 4.14. The lowest BCUT2D eigenvalue weighted by Gasteiger charge is -2.18. The summed E-state index contributed by atoms with van der Waals surface area (Å²) < 4.78 is 28.6. The molecule has 0 aliphatic heterocycles. The molecule has 0 amide bonds. The molecule has 0 aliphatic carbocycles. The largest absolute Gasteiger partial charge is 0.357 e. The number of imidazole rings is 1. The highest BCUT2D eigenvalue weighted by Gasteiger charge is 2.10. The molecule has 1 aromatic heterocycles. The Morgan fingerprint density at radius 3 is 2.67 bits per heavy atom. The van der Waals surface area contributed by atoms with E-state index in [-0.39, 0.29) is 30.0 Å². The smallest absolute Gasteiger partial charge is 0.191 e. The van der Waals surface area contributed by atoms with E-state index in [1.807, 2.05) is 27.0 Å². The van der Waals surface area contributed by atoms with E-state index < -0.39 is 11.6 Å². The standard InChI is InChI=1S/C19H27F2N5.HI/c1-4-22-19(24-9-5-6-11-26-12-10-23-15(26)3)25-14(2)16-7-8-17(20)18(21)13-16;/h7-8,10,12-14H,4-6,9,11H2,1-3H3,(H2,22,24,25);1H. The topological polar surface area (TPSA) is 54.2 Å². The third-order valence-corrected chi connectivity index (χ3v) is 4.14. The predicted octanol–water partition coefficient (Wildman–Crippen LogP) is 4.18. The number of guanidine groups is 1. The van der Waals surface area contributed by atoms with Crippen LogP contribution in [0.1, 0.15) is 44.1 Å². The van der Waals surface area contributed by atoms with Gasteiger partial charge in [-0.15, -0.1) is 24.0 Å². The highest BCUT2D eigenvalue weighted by Crippen LogP contribution is 2.15. The van der Waals surface area contributed by atoms with Crippen molar-refractivity contribution in [2.24, 2.45) is 4.99 Å². The van der Waals surface area contributed by atoms with Crippen LogP contribution in [0.25, 0.3) is 0 Å². The van der Waals surface area contributed by atoms with Gasteiger partial charge in [0, 0.05) is 32.0 Å². The summed E-state index contributed by atoms with van der Waals surface area (Å²) in [5.74, 6) is 0.00921. The number of benzene rings is 1. The lowest BCUT2D eigenvalue weighted by atomic mass is 10.1. The zero-order valence-electron chi connectivity index (χ0n) is 16.0. The van der Waals surface area contributed by atoms with Gasteiger partial charge in [-0.05, 0) is 51.3 Å². The number of aromatic nitrogens is 2. The second kappa shape index (κ2) is 11.9. The van der Waals surface area contributed by atoms with Crippen molar-refractivity contribution in [1.82, 2.24) is 20.2 Å². The van der Waals surface area contributed by atoms with E-state index >= 15 is 0 Å². The lowest BCUT2D eigenvalue weighted by molar-refractivity contribution is 0.504. The highest BCUT2D eigenvalue weighted by atomic mass is 127. The quantitative estimate of drug-likeness (QED) is 0.252. The Balaban J connectivity index is 0.00000364. The van der Waals surface area contributed by atoms with Crippen LogP contribution in [0.4, 0.5) is 8.78 Å². The predicted molar refractivity (Wildman–Crippen MR) is 116 cm³/mol. The third kappa shape index (κ3) is 7.43. The Kier molecular flexibility index (Phi) is 10.3. The monoisotopic (exact) mass is 491 g/mol. The van der Waals surface area contributed by atoms with Crippen LogP contribution in [0.2, 0.25) is 0 Å². The molecule has 0 radical (unpaired) electrons. The van der Waals surface area contributed by atoms with E-state index in [9.17, 15) is 8.78 Å². The van der Waals surface area contributed by atoms with Gasteiger partial charge in [-0.25, -0.2) is 13.8 Å². The summed E-state index contributed by atoms with van der Waals surface area (Å²) in [5, 5.41) is 6.41. The Bertz CT molecular complexity index is 733. The zero-order valence-corrected chi connectivity index (χ0v) is 18.3. The van der Waals surface area contributed by atoms with Crippen LogP contribution in [-0.2, 0) is 6.54 Å². The molecule has 1 atom stereocenters. The summed E-state index contributed by atoms with van der Waals surface area (Å²) in [4.78, 5) is 8.77. The van der Waals surface area contributed by atoms with E-state index in [1.54, 1.807) is 12.3 Å². The Morgan fingerprint density at radius 2 is 2.04 bits per heavy atom. The molecule has 27 heavy (non-hydrogen) atoms. The van der Waals surface area contributed by atoms with Crippen LogP contribution in [0.15, 0.2) is 35.6 Å². The van der Waals surface area contributed by atoms with Crippen molar-refractivity contribution in [2.75, 3.05) is 13.1 Å². The van der Waals surface area contributed by atoms with Crippen molar-refractivity contribution in [3.05, 3.63) is 53.6 Å². The first-order valence-corrected chi connectivity index (χ1v) is 8.98. The maximum absolute atomic E-state index is 13.4. The molecular weight excluding hydrogens is 463 g/mol. The van der Waals surface area contributed by atoms with Gasteiger partial charge in [-0.3, -0.25) is 4.99 Å². The van der Waals surface area contributed by atoms with Crippen molar-refractivity contribution >= 4 is 29.9 Å². The molecule has 0 fully saturated rings. The number of hydrogen-bond acceptors (Lipinski definition) is 2. The van der Waals surface area contributed by atoms with Gasteiger partial charge >= 0.3 is 0 Å². The fraction of sp³-hybridized carbons (Fsp3) is 0.474. The normalized spacial score (nSPS) is 12.4. The minimum atomic E-state index is -0.840. The number of rotatable bonds is 8. The molecule has 1 aromatic carbocycles. The summed E-state index contributed by atoms with van der Waals surface area (Å²) in [7, 11) is 0. The first-order chi connectivity index (χ1) is 12.5. The first-order valence-electron chi connectivity index (χ1n) is 8.98. The number of halogens is 3. The second-order valence-corrected chi connectivity index (χ2v) is 6.18. The molecule has 0 saturated carbocycles. The Morgan fingerprint density at radius 1 is 1.26 bits per heavy atom. The van der Waals surface area contributed by atoms with E-state index in [0.29, 0.717) is 18.1 Å². The minimum Gasteiger partial charge on any atom is -0.357 e. The summed E-state index contributed by atoms with van der Waals surface area (Å²) >= 11 is 0. The van der Waals surface area contributed by atoms with Gasteiger partial charge < -0.3 is 15.2 Å². The van der Waals surface area contributed by atoms with Crippen molar-refractivity contribution in [3.63, 3.8) is 0 Å². The van der Waals surface area contributed by atoms with E-state index in [1.165, 1.54) is 6.07 Å². The number of nitrogens with one attached hydrogen (secondary N) is 2. The molecule has 8 heteroatoms. The van der Waals surface area contributed by atoms with Gasteiger partial charge in [0.05, 0.1) is 6.04 Å². The molecule has 2 N–H and O–H groups in total. The lowest BCUT2D eigenvalue weighted by Crippen LogP contribution is -2.38. The summed E-state index contributed by atoms with van der Waals surface area (Å²) in [6.45, 7) is 8.21. The van der Waals surface area contributed by atoms with Crippen molar-refractivity contribution in [3.8, 4) is 0 Å². The van der Waals surface area contributed by atoms with Crippen LogP contribution in [-0.4, -0.2) is 28.6 Å². The fourth-order valence-corrected chi connectivity index (χ4v) is 2.62. The summed E-state index contributed by atoms with van der Waals surface area (Å²) in [6.07, 6.45) is 5.75. The zero-order chi connectivity index (χ0) is 18.9. The van der Waals surface area contributed by atoms with Gasteiger partial charge in [0.15, 0.2) is 17.6 Å². The number of aryl methyl sites for hydroxylation is 2. The van der Waals surface area contributed by atoms with Gasteiger partial charge in [-0.1, -0.05) is 6.07 Å². The molecule has 0 saturated heterocycles. The van der Waals surface area contributed by atoms with Gasteiger partial charge in [0.25, 0.3) is 0 Å². The maximum Gasteiger partial charge on any atom is 0.191 e. The summed E-state index contributed by atoms with van der Waals surface area (Å²) in [5.41, 5.74) is 0.671. The first kappa shape index (κ1) is 23.3. The molecule has 150 valence electrons. The summed E-state index contributed by atoms with van der Waals surface area (Å²) in [6, 6.07) is 3.75. The SMILES string of the molecule is CCNC(=NCCCCn1ccnc1C)NC(C)c1ccc(F)c(F)c1.I. The van der Waals surface area contributed by atoms with E-state index in [0.717, 1.165) is 37.8 Å². The number of nitrogens with zero attached hydrogens (tertiary/aromatic N) is 3. The van der Waals surface area contributed by atoms with Gasteiger partial charge in [0.1, 0.15) is 5.82 Å². The van der Waals surface area contributed by atoms with Crippen LogP contribution in [0, 0.1) is 18.6 Å². The molecule has 2 rings (SSSR count). The Labute approximate surface area is 176 Å². The second-order valence-electron chi connectivity index (χ2n) is 6.18. The van der Waals surface area contributed by atoms with Gasteiger partial charge in [0.2, 0.25) is 0 Å². The average molecular weight is 491 g/mol. The molecule has 1 unspecified atom stereocenters. The molecule has 0 bridgehead atoms. The van der Waals surface area contributed by atoms with Gasteiger partial charge in [-0.2, -0.15) is 0 Å². The van der Waals surface area contributed by atoms with Crippen molar-refractivity contribution in [1.29, 1.82) is 0 Å². The highest BCUT2D eigenvalue weighted by molar-refractivity contribution is 14.0. The van der Waals surface area contributed by atoms with Crippen molar-refractivity contribution < 1.29 is 8.78 Å². The van der Waals surface area contributed by atoms with E-state index in [2.05, 4.69) is 25.2 Å². The van der Waals surface area contributed by atoms with Crippen LogP contribution < -0.4 is 10.6 Å². The number of unbranched alkanes of at least 4 members (excludes halogenated alkanes) is 1. The molecule has 5 nitrogen and oxygen atoms in total. The minimum absolute atomic E-state index is 0. The molecular formula is C19H28F2IN5. The number of hydrogen-bond donors (Lipinski definition) is 2. The maximum atomic E-state index is 13.4. The van der Waals surface area contributed by atoms with Crippen LogP contribution >= 0.6 is 24.0 Å². The average Bonchev–Trinajstić information content (AvgIpc) is 3.02. The Hall–Kier alpha value is -1.71. The molecule has 1 heterocycles. The molecule has 2 aromatic rings. The van der Waals surface area contributed by atoms with E-state index in [4.69, 9.17) is 0 Å². The van der Waals surface area contributed by atoms with Crippen LogP contribution in [0.3, 0.4) is 0 Å². The van der Waals surface area contributed by atoms with Crippen LogP contribution in [0.5, 0.6) is 0 Å². The molecule has 0 aliphatic rings. The fourth-order valence-electron chi connectivity index (χ4n) is 2.62.